The van der Waals surface area contributed by atoms with Gasteiger partial charge in [0.05, 0.1) is 0 Å². The zero-order chi connectivity index (χ0) is 9.52. The van der Waals surface area contributed by atoms with Crippen LogP contribution in [0.1, 0.15) is 39.0 Å². The Morgan fingerprint density at radius 3 is 3.00 bits per heavy atom. The van der Waals surface area contributed by atoms with Crippen molar-refractivity contribution in [2.24, 2.45) is 0 Å². The quantitative estimate of drug-likeness (QED) is 0.610. The highest BCUT2D eigenvalue weighted by Gasteiger charge is 2.08. The first-order valence-corrected chi connectivity index (χ1v) is 5.13. The minimum atomic E-state index is 0.303. The van der Waals surface area contributed by atoms with Crippen LogP contribution in [-0.2, 0) is 9.53 Å². The largest absolute Gasteiger partial charge is 0.382 e. The number of allylic oxidation sites excluding steroid dienone is 2. The van der Waals surface area contributed by atoms with E-state index in [-0.39, 0.29) is 0 Å². The van der Waals surface area contributed by atoms with Gasteiger partial charge in [0.15, 0.2) is 5.78 Å². The van der Waals surface area contributed by atoms with Crippen molar-refractivity contribution >= 4 is 5.78 Å². The molecule has 13 heavy (non-hydrogen) atoms. The second-order valence-corrected chi connectivity index (χ2v) is 3.42. The molecule has 0 aromatic carbocycles. The van der Waals surface area contributed by atoms with Crippen LogP contribution in [0.15, 0.2) is 11.6 Å². The highest BCUT2D eigenvalue weighted by molar-refractivity contribution is 5.91. The smallest absolute Gasteiger partial charge is 0.155 e. The molecule has 0 fully saturated rings. The summed E-state index contributed by atoms with van der Waals surface area (Å²) in [6.45, 7) is 3.61. The van der Waals surface area contributed by atoms with E-state index in [1.54, 1.807) is 0 Å². The standard InChI is InChI=1S/C11H18O2/c1-2-13-8-4-6-10-5-3-7-11(12)9-10/h9H,2-8H2,1H3. The maximum atomic E-state index is 11.1. The highest BCUT2D eigenvalue weighted by atomic mass is 16.5. The van der Waals surface area contributed by atoms with E-state index in [1.165, 1.54) is 5.57 Å². The summed E-state index contributed by atoms with van der Waals surface area (Å²) in [4.78, 5) is 11.1. The van der Waals surface area contributed by atoms with Crippen LogP contribution in [-0.4, -0.2) is 19.0 Å². The molecule has 0 amide bonds. The van der Waals surface area contributed by atoms with Gasteiger partial charge in [0.1, 0.15) is 0 Å². The summed E-state index contributed by atoms with van der Waals surface area (Å²) in [5.74, 6) is 0.303. The SMILES string of the molecule is CCOCCCC1=CC(=O)CCC1. The van der Waals surface area contributed by atoms with Gasteiger partial charge in [-0.3, -0.25) is 4.79 Å². The topological polar surface area (TPSA) is 26.3 Å². The van der Waals surface area contributed by atoms with E-state index in [1.807, 2.05) is 13.0 Å². The van der Waals surface area contributed by atoms with Gasteiger partial charge in [0.2, 0.25) is 0 Å². The zero-order valence-electron chi connectivity index (χ0n) is 8.34. The first-order chi connectivity index (χ1) is 6.33. The van der Waals surface area contributed by atoms with E-state index in [0.717, 1.165) is 45.3 Å². The lowest BCUT2D eigenvalue weighted by atomic mass is 9.95. The van der Waals surface area contributed by atoms with Gasteiger partial charge in [0, 0.05) is 19.6 Å². The minimum absolute atomic E-state index is 0.303. The number of rotatable bonds is 5. The number of hydrogen-bond acceptors (Lipinski definition) is 2. The molecule has 0 bridgehead atoms. The fraction of sp³-hybridized carbons (Fsp3) is 0.727. The lowest BCUT2D eigenvalue weighted by molar-refractivity contribution is -0.115. The molecule has 2 nitrogen and oxygen atoms in total. The summed E-state index contributed by atoms with van der Waals surface area (Å²) in [6.07, 6.45) is 6.81. The fourth-order valence-electron chi connectivity index (χ4n) is 1.60. The molecule has 0 saturated carbocycles. The second-order valence-electron chi connectivity index (χ2n) is 3.42. The maximum Gasteiger partial charge on any atom is 0.155 e. The van der Waals surface area contributed by atoms with Crippen LogP contribution in [0.5, 0.6) is 0 Å². The molecule has 0 spiro atoms. The Labute approximate surface area is 80.0 Å². The Bertz CT molecular complexity index is 194. The third kappa shape index (κ3) is 4.23. The number of hydrogen-bond donors (Lipinski definition) is 0. The first kappa shape index (κ1) is 10.5. The van der Waals surface area contributed by atoms with Crippen LogP contribution in [0.2, 0.25) is 0 Å². The summed E-state index contributed by atoms with van der Waals surface area (Å²) < 4.78 is 5.24. The number of carbonyl (C=O) groups is 1. The van der Waals surface area contributed by atoms with Crippen molar-refractivity contribution in [3.05, 3.63) is 11.6 Å². The predicted molar refractivity (Wildman–Crippen MR) is 52.7 cm³/mol. The van der Waals surface area contributed by atoms with E-state index in [9.17, 15) is 4.79 Å². The molecule has 1 aliphatic carbocycles. The molecule has 1 rings (SSSR count). The molecular weight excluding hydrogens is 164 g/mol. The average Bonchev–Trinajstić information content (AvgIpc) is 2.13. The summed E-state index contributed by atoms with van der Waals surface area (Å²) in [6, 6.07) is 0. The summed E-state index contributed by atoms with van der Waals surface area (Å²) in [7, 11) is 0. The van der Waals surface area contributed by atoms with Crippen molar-refractivity contribution in [3.63, 3.8) is 0 Å². The van der Waals surface area contributed by atoms with Crippen molar-refractivity contribution < 1.29 is 9.53 Å². The Kier molecular flexibility index (Phi) is 4.76. The molecule has 0 unspecified atom stereocenters. The van der Waals surface area contributed by atoms with E-state index in [2.05, 4.69) is 0 Å². The second kappa shape index (κ2) is 5.92. The molecule has 1 aliphatic rings. The third-order valence-electron chi connectivity index (χ3n) is 2.28. The van der Waals surface area contributed by atoms with Crippen LogP contribution >= 0.6 is 0 Å². The van der Waals surface area contributed by atoms with Crippen molar-refractivity contribution in [1.29, 1.82) is 0 Å². The average molecular weight is 182 g/mol. The van der Waals surface area contributed by atoms with E-state index < -0.39 is 0 Å². The molecule has 0 saturated heterocycles. The van der Waals surface area contributed by atoms with Gasteiger partial charge in [0.25, 0.3) is 0 Å². The Hall–Kier alpha value is -0.630. The lowest BCUT2D eigenvalue weighted by Crippen LogP contribution is -2.03. The zero-order valence-corrected chi connectivity index (χ0v) is 8.34. The number of ether oxygens (including phenoxy) is 1. The molecule has 2 heteroatoms. The van der Waals surface area contributed by atoms with Crippen LogP contribution in [0.25, 0.3) is 0 Å². The number of carbonyl (C=O) groups excluding carboxylic acids is 1. The van der Waals surface area contributed by atoms with Crippen LogP contribution < -0.4 is 0 Å². The van der Waals surface area contributed by atoms with Crippen LogP contribution in [0, 0.1) is 0 Å². The van der Waals surface area contributed by atoms with E-state index in [4.69, 9.17) is 4.74 Å². The molecule has 0 atom stereocenters. The van der Waals surface area contributed by atoms with Gasteiger partial charge < -0.3 is 4.74 Å². The van der Waals surface area contributed by atoms with Gasteiger partial charge >= 0.3 is 0 Å². The van der Waals surface area contributed by atoms with Crippen molar-refractivity contribution in [1.82, 2.24) is 0 Å². The van der Waals surface area contributed by atoms with Gasteiger partial charge in [-0.25, -0.2) is 0 Å². The summed E-state index contributed by atoms with van der Waals surface area (Å²) in [5, 5.41) is 0. The molecule has 74 valence electrons. The summed E-state index contributed by atoms with van der Waals surface area (Å²) >= 11 is 0. The molecule has 0 aromatic heterocycles. The van der Waals surface area contributed by atoms with Gasteiger partial charge in [-0.2, -0.15) is 0 Å². The molecular formula is C11H18O2. The lowest BCUT2D eigenvalue weighted by Gasteiger charge is -2.11. The first-order valence-electron chi connectivity index (χ1n) is 5.13. The van der Waals surface area contributed by atoms with Crippen LogP contribution in [0.3, 0.4) is 0 Å². The van der Waals surface area contributed by atoms with E-state index in [0.29, 0.717) is 5.78 Å². The maximum absolute atomic E-state index is 11.1. The van der Waals surface area contributed by atoms with Crippen LogP contribution in [0.4, 0.5) is 0 Å². The predicted octanol–water partition coefficient (Wildman–Crippen LogP) is 2.48. The molecule has 0 aromatic rings. The fourth-order valence-corrected chi connectivity index (χ4v) is 1.60. The Balaban J connectivity index is 2.16. The van der Waals surface area contributed by atoms with Gasteiger partial charge in [-0.15, -0.1) is 0 Å². The van der Waals surface area contributed by atoms with Crippen molar-refractivity contribution in [2.45, 2.75) is 39.0 Å². The number of ketones is 1. The highest BCUT2D eigenvalue weighted by Crippen LogP contribution is 2.19. The third-order valence-corrected chi connectivity index (χ3v) is 2.28. The monoisotopic (exact) mass is 182 g/mol. The molecule has 0 heterocycles. The van der Waals surface area contributed by atoms with Crippen molar-refractivity contribution in [2.75, 3.05) is 13.2 Å². The van der Waals surface area contributed by atoms with Crippen molar-refractivity contribution in [3.8, 4) is 0 Å². The summed E-state index contributed by atoms with van der Waals surface area (Å²) in [5.41, 5.74) is 1.32. The van der Waals surface area contributed by atoms with E-state index >= 15 is 0 Å². The minimum Gasteiger partial charge on any atom is -0.382 e. The Morgan fingerprint density at radius 1 is 1.46 bits per heavy atom. The Morgan fingerprint density at radius 2 is 2.31 bits per heavy atom. The molecule has 0 radical (unpaired) electrons. The molecule has 0 N–H and O–H groups in total. The normalized spacial score (nSPS) is 17.3. The molecule has 0 aliphatic heterocycles. The van der Waals surface area contributed by atoms with Gasteiger partial charge in [-0.05, 0) is 38.7 Å². The van der Waals surface area contributed by atoms with Gasteiger partial charge in [-0.1, -0.05) is 5.57 Å².